The zero-order valence-electron chi connectivity index (χ0n) is 30.3. The molecule has 1 aliphatic rings. The van der Waals surface area contributed by atoms with E-state index in [0.29, 0.717) is 19.6 Å². The first kappa shape index (κ1) is 43.8. The quantitative estimate of drug-likeness (QED) is 0.164. The fraction of sp³-hybridized carbons (Fsp3) is 0.763. The molecule has 276 valence electrons. The number of unbranched alkanes of at least 4 members (excludes halogenated alkanes) is 1. The Morgan fingerprint density at radius 3 is 2.47 bits per heavy atom. The number of aliphatic carboxylic acids is 1. The SMILES string of the molecule is C#CCOC[C@@H]1CC(=O)CNCCCCCCCC(C#C)(CCCC)CCCOC[C@H](C(C)(C)C(=O)N[C@@H](CCC(=O)O)C(C)=O)NC1=O. The van der Waals surface area contributed by atoms with Crippen molar-refractivity contribution < 1.29 is 38.6 Å². The van der Waals surface area contributed by atoms with E-state index in [0.717, 1.165) is 64.2 Å². The van der Waals surface area contributed by atoms with Crippen molar-refractivity contribution in [2.24, 2.45) is 16.7 Å². The highest BCUT2D eigenvalue weighted by Gasteiger charge is 2.40. The number of carboxylic acids is 1. The van der Waals surface area contributed by atoms with E-state index in [1.807, 2.05) is 0 Å². The van der Waals surface area contributed by atoms with Crippen LogP contribution in [0.1, 0.15) is 118 Å². The standard InChI is InChI=1S/C38H61N3O8/c1-7-10-19-38(9-3)20-14-12-11-13-15-22-39-26-31(43)25-30(27-48-23-8-2)35(46)41-33(28-49-24-16-21-38)37(5,6)36(47)40-32(29(4)42)17-18-34(44)45/h2-3,30,32-33,39H,7,10-28H2,1,4-6H3,(H,40,47)(H,41,46)(H,44,45)/t30-,32-,33+,38?/m0/s1. The van der Waals surface area contributed by atoms with Gasteiger partial charge in [-0.2, -0.15) is 0 Å². The topological polar surface area (TPSA) is 160 Å². The summed E-state index contributed by atoms with van der Waals surface area (Å²) in [5, 5.41) is 17.9. The number of nitrogens with one attached hydrogen (secondary N) is 3. The zero-order chi connectivity index (χ0) is 36.7. The van der Waals surface area contributed by atoms with E-state index < -0.39 is 41.2 Å². The van der Waals surface area contributed by atoms with Crippen LogP contribution in [0.15, 0.2) is 0 Å². The number of carboxylic acid groups (broad SMARTS) is 1. The molecule has 1 unspecified atom stereocenters. The van der Waals surface area contributed by atoms with E-state index in [2.05, 4.69) is 34.7 Å². The van der Waals surface area contributed by atoms with Gasteiger partial charge in [0, 0.05) is 24.9 Å². The molecule has 0 aromatic rings. The third-order valence-corrected chi connectivity index (χ3v) is 9.44. The van der Waals surface area contributed by atoms with Crippen LogP contribution in [0.4, 0.5) is 0 Å². The van der Waals surface area contributed by atoms with Gasteiger partial charge in [0.1, 0.15) is 12.4 Å². The van der Waals surface area contributed by atoms with Crippen LogP contribution in [0.5, 0.6) is 0 Å². The van der Waals surface area contributed by atoms with E-state index in [1.54, 1.807) is 13.8 Å². The van der Waals surface area contributed by atoms with Crippen molar-refractivity contribution in [3.8, 4) is 24.7 Å². The number of terminal acetylenes is 2. The van der Waals surface area contributed by atoms with Crippen LogP contribution in [-0.4, -0.2) is 86.1 Å². The second-order valence-corrected chi connectivity index (χ2v) is 13.9. The van der Waals surface area contributed by atoms with E-state index in [1.165, 1.54) is 6.92 Å². The van der Waals surface area contributed by atoms with Crippen molar-refractivity contribution in [3.05, 3.63) is 0 Å². The lowest BCUT2D eigenvalue weighted by molar-refractivity contribution is -0.140. The van der Waals surface area contributed by atoms with Crippen LogP contribution < -0.4 is 16.0 Å². The second-order valence-electron chi connectivity index (χ2n) is 13.9. The minimum atomic E-state index is -1.30. The van der Waals surface area contributed by atoms with E-state index in [9.17, 15) is 24.0 Å². The summed E-state index contributed by atoms with van der Waals surface area (Å²) >= 11 is 0. The molecule has 11 nitrogen and oxygen atoms in total. The number of hydrogen-bond donors (Lipinski definition) is 4. The zero-order valence-corrected chi connectivity index (χ0v) is 30.3. The Kier molecular flexibility index (Phi) is 21.4. The number of ketones is 2. The molecule has 0 spiro atoms. The molecule has 4 N–H and O–H groups in total. The summed E-state index contributed by atoms with van der Waals surface area (Å²) in [5.74, 6) is 1.96. The fourth-order valence-electron chi connectivity index (χ4n) is 5.99. The summed E-state index contributed by atoms with van der Waals surface area (Å²) in [6.45, 7) is 7.71. The van der Waals surface area contributed by atoms with E-state index >= 15 is 0 Å². The smallest absolute Gasteiger partial charge is 0.303 e. The van der Waals surface area contributed by atoms with Crippen molar-refractivity contribution in [1.29, 1.82) is 0 Å². The Balaban J connectivity index is 3.31. The number of hydrogen-bond acceptors (Lipinski definition) is 8. The highest BCUT2D eigenvalue weighted by Crippen LogP contribution is 2.36. The summed E-state index contributed by atoms with van der Waals surface area (Å²) in [6, 6.07) is -1.88. The molecule has 49 heavy (non-hydrogen) atoms. The first-order valence-corrected chi connectivity index (χ1v) is 17.9. The van der Waals surface area contributed by atoms with Crippen LogP contribution in [0.3, 0.4) is 0 Å². The van der Waals surface area contributed by atoms with Gasteiger partial charge in [-0.15, -0.1) is 12.8 Å². The van der Waals surface area contributed by atoms with E-state index in [4.69, 9.17) is 27.4 Å². The van der Waals surface area contributed by atoms with Crippen molar-refractivity contribution in [2.75, 3.05) is 39.5 Å². The maximum atomic E-state index is 13.7. The van der Waals surface area contributed by atoms with Gasteiger partial charge in [0.2, 0.25) is 11.8 Å². The van der Waals surface area contributed by atoms with Crippen LogP contribution >= 0.6 is 0 Å². The van der Waals surface area contributed by atoms with Gasteiger partial charge in [0.05, 0.1) is 43.2 Å². The van der Waals surface area contributed by atoms with Gasteiger partial charge in [-0.3, -0.25) is 24.0 Å². The number of carbonyl (C=O) groups excluding carboxylic acids is 4. The first-order valence-electron chi connectivity index (χ1n) is 17.9. The first-order chi connectivity index (χ1) is 23.3. The third kappa shape index (κ3) is 17.3. The van der Waals surface area contributed by atoms with Gasteiger partial charge in [-0.05, 0) is 65.8 Å². The molecule has 1 rings (SSSR count). The number of amides is 2. The fourth-order valence-corrected chi connectivity index (χ4v) is 5.99. The molecule has 1 aliphatic heterocycles. The number of carbonyl (C=O) groups is 5. The molecule has 0 aliphatic carbocycles. The lowest BCUT2D eigenvalue weighted by Gasteiger charge is -2.35. The van der Waals surface area contributed by atoms with E-state index in [-0.39, 0.29) is 62.6 Å². The Morgan fingerprint density at radius 2 is 1.82 bits per heavy atom. The normalized spacial score (nSPS) is 23.5. The van der Waals surface area contributed by atoms with Gasteiger partial charge in [0.15, 0.2) is 5.78 Å². The largest absolute Gasteiger partial charge is 0.481 e. The van der Waals surface area contributed by atoms with Crippen molar-refractivity contribution in [1.82, 2.24) is 16.0 Å². The van der Waals surface area contributed by atoms with Crippen LogP contribution in [0.2, 0.25) is 0 Å². The van der Waals surface area contributed by atoms with Crippen molar-refractivity contribution in [3.63, 3.8) is 0 Å². The lowest BCUT2D eigenvalue weighted by atomic mass is 9.75. The molecule has 0 aromatic heterocycles. The molecular weight excluding hydrogens is 626 g/mol. The Bertz CT molecular complexity index is 1140. The number of Topliss-reactive ketones (excluding diaryl/α,β-unsaturated/α-hetero) is 2. The summed E-state index contributed by atoms with van der Waals surface area (Å²) in [5.41, 5.74) is -1.52. The lowest BCUT2D eigenvalue weighted by Crippen LogP contribution is -2.58. The number of ether oxygens (including phenoxy) is 2. The third-order valence-electron chi connectivity index (χ3n) is 9.44. The maximum absolute atomic E-state index is 13.7. The molecule has 0 aromatic carbocycles. The maximum Gasteiger partial charge on any atom is 0.303 e. The van der Waals surface area contributed by atoms with Gasteiger partial charge in [-0.1, -0.05) is 57.3 Å². The summed E-state index contributed by atoms with van der Waals surface area (Å²) in [6.07, 6.45) is 21.8. The minimum Gasteiger partial charge on any atom is -0.481 e. The highest BCUT2D eigenvalue weighted by atomic mass is 16.5. The summed E-state index contributed by atoms with van der Waals surface area (Å²) in [4.78, 5) is 63.8. The highest BCUT2D eigenvalue weighted by molar-refractivity contribution is 5.91. The summed E-state index contributed by atoms with van der Waals surface area (Å²) < 4.78 is 11.6. The minimum absolute atomic E-state index is 0.0303. The van der Waals surface area contributed by atoms with Crippen molar-refractivity contribution in [2.45, 2.75) is 130 Å². The Morgan fingerprint density at radius 1 is 1.12 bits per heavy atom. The predicted molar refractivity (Wildman–Crippen MR) is 189 cm³/mol. The van der Waals surface area contributed by atoms with Crippen LogP contribution in [0.25, 0.3) is 0 Å². The predicted octanol–water partition coefficient (Wildman–Crippen LogP) is 4.21. The molecule has 1 fully saturated rings. The second kappa shape index (κ2) is 24.0. The Hall–Kier alpha value is -3.25. The molecule has 11 heteroatoms. The Labute approximate surface area is 294 Å². The van der Waals surface area contributed by atoms with Gasteiger partial charge in [0.25, 0.3) is 0 Å². The molecule has 0 bridgehead atoms. The van der Waals surface area contributed by atoms with Crippen LogP contribution in [-0.2, 0) is 33.4 Å². The molecule has 4 atom stereocenters. The monoisotopic (exact) mass is 687 g/mol. The molecule has 0 radical (unpaired) electrons. The van der Waals surface area contributed by atoms with Gasteiger partial charge < -0.3 is 30.5 Å². The average Bonchev–Trinajstić information content (AvgIpc) is 3.05. The summed E-state index contributed by atoms with van der Waals surface area (Å²) in [7, 11) is 0. The molecular formula is C38H61N3O8. The molecule has 1 saturated heterocycles. The number of rotatable bonds is 13. The molecule has 0 saturated carbocycles. The van der Waals surface area contributed by atoms with Gasteiger partial charge in [-0.25, -0.2) is 0 Å². The molecule has 1 heterocycles. The average molecular weight is 688 g/mol. The molecule has 2 amide bonds. The van der Waals surface area contributed by atoms with Crippen LogP contribution in [0, 0.1) is 41.4 Å². The van der Waals surface area contributed by atoms with Gasteiger partial charge >= 0.3 is 5.97 Å². The van der Waals surface area contributed by atoms with Crippen molar-refractivity contribution >= 4 is 29.4 Å².